The van der Waals surface area contributed by atoms with Crippen molar-refractivity contribution in [1.29, 1.82) is 0 Å². The molecule has 0 aromatic rings. The molecule has 2 heteroatoms. The summed E-state index contributed by atoms with van der Waals surface area (Å²) < 4.78 is 0. The van der Waals surface area contributed by atoms with Gasteiger partial charge in [0.25, 0.3) is 0 Å². The second-order valence-electron chi connectivity index (χ2n) is 6.51. The van der Waals surface area contributed by atoms with E-state index in [0.717, 1.165) is 5.92 Å². The molecule has 0 saturated carbocycles. The second kappa shape index (κ2) is 6.19. The van der Waals surface area contributed by atoms with Crippen LogP contribution in [0.25, 0.3) is 0 Å². The summed E-state index contributed by atoms with van der Waals surface area (Å²) in [6.07, 6.45) is 8.42. The zero-order chi connectivity index (χ0) is 12.1. The molecule has 1 unspecified atom stereocenters. The number of likely N-dealkylation sites (tertiary alicyclic amines) is 1. The van der Waals surface area contributed by atoms with E-state index >= 15 is 0 Å². The van der Waals surface area contributed by atoms with E-state index in [9.17, 15) is 0 Å². The third-order valence-corrected chi connectivity index (χ3v) is 5.17. The maximum atomic E-state index is 3.53. The van der Waals surface area contributed by atoms with Crippen LogP contribution < -0.4 is 5.32 Å². The highest BCUT2D eigenvalue weighted by Crippen LogP contribution is 2.34. The van der Waals surface area contributed by atoms with E-state index in [0.29, 0.717) is 5.41 Å². The highest BCUT2D eigenvalue weighted by Gasteiger charge is 2.28. The third kappa shape index (κ3) is 3.96. The predicted octanol–water partition coefficient (Wildman–Crippen LogP) is 2.89. The van der Waals surface area contributed by atoms with Gasteiger partial charge in [0, 0.05) is 0 Å². The van der Waals surface area contributed by atoms with Gasteiger partial charge < -0.3 is 10.2 Å². The molecule has 2 fully saturated rings. The van der Waals surface area contributed by atoms with E-state index < -0.39 is 0 Å². The number of nitrogens with zero attached hydrogens (tertiary/aromatic N) is 1. The zero-order valence-electron chi connectivity index (χ0n) is 11.8. The molecule has 100 valence electrons. The maximum absolute atomic E-state index is 3.53. The Balaban J connectivity index is 1.64. The fraction of sp³-hybridized carbons (Fsp3) is 1.00. The SMILES string of the molecule is CCC1(C)CCN(CCC2CCCNC2)CC1. The summed E-state index contributed by atoms with van der Waals surface area (Å²) in [4.78, 5) is 2.70. The summed E-state index contributed by atoms with van der Waals surface area (Å²) in [6, 6.07) is 0. The van der Waals surface area contributed by atoms with Gasteiger partial charge in [-0.1, -0.05) is 20.3 Å². The number of piperidine rings is 2. The first-order valence-corrected chi connectivity index (χ1v) is 7.65. The van der Waals surface area contributed by atoms with Crippen LogP contribution in [0.5, 0.6) is 0 Å². The van der Waals surface area contributed by atoms with Crippen molar-refractivity contribution in [3.05, 3.63) is 0 Å². The first-order chi connectivity index (χ1) is 8.22. The van der Waals surface area contributed by atoms with Gasteiger partial charge in [-0.05, 0) is 76.2 Å². The number of hydrogen-bond donors (Lipinski definition) is 1. The largest absolute Gasteiger partial charge is 0.316 e. The molecule has 17 heavy (non-hydrogen) atoms. The molecule has 0 bridgehead atoms. The molecule has 0 radical (unpaired) electrons. The quantitative estimate of drug-likeness (QED) is 0.810. The number of rotatable bonds is 4. The highest BCUT2D eigenvalue weighted by atomic mass is 15.1. The lowest BCUT2D eigenvalue weighted by molar-refractivity contribution is 0.108. The molecule has 1 atom stereocenters. The monoisotopic (exact) mass is 238 g/mol. The first-order valence-electron chi connectivity index (χ1n) is 7.65. The van der Waals surface area contributed by atoms with Crippen molar-refractivity contribution in [1.82, 2.24) is 10.2 Å². The standard InChI is InChI=1S/C15H30N2/c1-3-15(2)7-11-17(12-8-15)10-6-14-5-4-9-16-13-14/h14,16H,3-13H2,1-2H3. The summed E-state index contributed by atoms with van der Waals surface area (Å²) in [5.41, 5.74) is 0.642. The Kier molecular flexibility index (Phi) is 4.87. The lowest BCUT2D eigenvalue weighted by Gasteiger charge is -2.39. The molecule has 2 heterocycles. The minimum atomic E-state index is 0.642. The van der Waals surface area contributed by atoms with Crippen LogP contribution in [0.4, 0.5) is 0 Å². The van der Waals surface area contributed by atoms with E-state index in [1.807, 2.05) is 0 Å². The smallest absolute Gasteiger partial charge is 0.00135 e. The van der Waals surface area contributed by atoms with E-state index in [4.69, 9.17) is 0 Å². The Bertz CT molecular complexity index is 213. The average molecular weight is 238 g/mol. The van der Waals surface area contributed by atoms with E-state index in [1.54, 1.807) is 0 Å². The van der Waals surface area contributed by atoms with Gasteiger partial charge >= 0.3 is 0 Å². The van der Waals surface area contributed by atoms with Gasteiger partial charge in [0.2, 0.25) is 0 Å². The molecule has 1 N–H and O–H groups in total. The average Bonchev–Trinajstić information content (AvgIpc) is 2.39. The Morgan fingerprint density at radius 1 is 1.29 bits per heavy atom. The van der Waals surface area contributed by atoms with Gasteiger partial charge in [0.05, 0.1) is 0 Å². The van der Waals surface area contributed by atoms with Crippen molar-refractivity contribution in [3.63, 3.8) is 0 Å². The van der Waals surface area contributed by atoms with Gasteiger partial charge in [-0.25, -0.2) is 0 Å². The number of hydrogen-bond acceptors (Lipinski definition) is 2. The fourth-order valence-electron chi connectivity index (χ4n) is 3.21. The van der Waals surface area contributed by atoms with Gasteiger partial charge in [0.1, 0.15) is 0 Å². The van der Waals surface area contributed by atoms with E-state index in [2.05, 4.69) is 24.1 Å². The van der Waals surface area contributed by atoms with Crippen LogP contribution >= 0.6 is 0 Å². The summed E-state index contributed by atoms with van der Waals surface area (Å²) in [6.45, 7) is 11.3. The van der Waals surface area contributed by atoms with Gasteiger partial charge in [-0.15, -0.1) is 0 Å². The molecule has 0 aliphatic carbocycles. The molecule has 0 spiro atoms. The molecule has 2 nitrogen and oxygen atoms in total. The summed E-state index contributed by atoms with van der Waals surface area (Å²) in [5.74, 6) is 0.947. The Hall–Kier alpha value is -0.0800. The van der Waals surface area contributed by atoms with Crippen LogP contribution in [0.2, 0.25) is 0 Å². The molecule has 2 saturated heterocycles. The molecule has 0 aromatic heterocycles. The van der Waals surface area contributed by atoms with Crippen molar-refractivity contribution in [2.45, 2.75) is 52.4 Å². The molecular formula is C15H30N2. The van der Waals surface area contributed by atoms with Crippen LogP contribution in [-0.4, -0.2) is 37.6 Å². The van der Waals surface area contributed by atoms with Crippen LogP contribution in [0, 0.1) is 11.3 Å². The van der Waals surface area contributed by atoms with Gasteiger partial charge in [0.15, 0.2) is 0 Å². The maximum Gasteiger partial charge on any atom is -0.00135 e. The van der Waals surface area contributed by atoms with Crippen molar-refractivity contribution in [2.24, 2.45) is 11.3 Å². The Labute approximate surface area is 107 Å². The summed E-state index contributed by atoms with van der Waals surface area (Å²) in [7, 11) is 0. The molecule has 0 amide bonds. The molecule has 2 aliphatic heterocycles. The lowest BCUT2D eigenvalue weighted by Crippen LogP contribution is -2.40. The van der Waals surface area contributed by atoms with Crippen LogP contribution in [0.1, 0.15) is 52.4 Å². The van der Waals surface area contributed by atoms with Crippen LogP contribution in [0.15, 0.2) is 0 Å². The highest BCUT2D eigenvalue weighted by molar-refractivity contribution is 4.81. The topological polar surface area (TPSA) is 15.3 Å². The second-order valence-corrected chi connectivity index (χ2v) is 6.51. The zero-order valence-corrected chi connectivity index (χ0v) is 11.8. The molecule has 2 rings (SSSR count). The van der Waals surface area contributed by atoms with Gasteiger partial charge in [-0.2, -0.15) is 0 Å². The van der Waals surface area contributed by atoms with Crippen LogP contribution in [-0.2, 0) is 0 Å². The minimum Gasteiger partial charge on any atom is -0.316 e. The molecule has 2 aliphatic rings. The minimum absolute atomic E-state index is 0.642. The summed E-state index contributed by atoms with van der Waals surface area (Å²) in [5, 5.41) is 3.53. The van der Waals surface area contributed by atoms with Crippen molar-refractivity contribution >= 4 is 0 Å². The van der Waals surface area contributed by atoms with E-state index in [-0.39, 0.29) is 0 Å². The lowest BCUT2D eigenvalue weighted by atomic mass is 9.78. The Morgan fingerprint density at radius 3 is 2.65 bits per heavy atom. The predicted molar refractivity (Wildman–Crippen MR) is 74.3 cm³/mol. The fourth-order valence-corrected chi connectivity index (χ4v) is 3.21. The van der Waals surface area contributed by atoms with Crippen molar-refractivity contribution in [2.75, 3.05) is 32.7 Å². The molecular weight excluding hydrogens is 208 g/mol. The summed E-state index contributed by atoms with van der Waals surface area (Å²) >= 11 is 0. The first kappa shape index (κ1) is 13.4. The Morgan fingerprint density at radius 2 is 2.06 bits per heavy atom. The molecule has 0 aromatic carbocycles. The van der Waals surface area contributed by atoms with Crippen LogP contribution in [0.3, 0.4) is 0 Å². The van der Waals surface area contributed by atoms with Crippen molar-refractivity contribution < 1.29 is 0 Å². The number of nitrogens with one attached hydrogen (secondary N) is 1. The van der Waals surface area contributed by atoms with E-state index in [1.165, 1.54) is 71.2 Å². The normalized spacial score (nSPS) is 30.4. The van der Waals surface area contributed by atoms with Gasteiger partial charge in [-0.3, -0.25) is 0 Å². The van der Waals surface area contributed by atoms with Crippen molar-refractivity contribution in [3.8, 4) is 0 Å². The third-order valence-electron chi connectivity index (χ3n) is 5.17.